The molecular formula is C14H20BrNO. The first kappa shape index (κ1) is 13.1. The summed E-state index contributed by atoms with van der Waals surface area (Å²) < 4.78 is 7.07. The normalized spacial score (nSPS) is 18.5. The smallest absolute Gasteiger partial charge is 0.0958 e. The topological polar surface area (TPSA) is 35.2 Å². The number of hydrogen-bond acceptors (Lipinski definition) is 2. The monoisotopic (exact) mass is 297 g/mol. The summed E-state index contributed by atoms with van der Waals surface area (Å²) in [6.45, 7) is 1.39. The number of nitrogens with two attached hydrogens (primary N) is 1. The quantitative estimate of drug-likeness (QED) is 0.900. The number of hydrogen-bond donors (Lipinski definition) is 1. The summed E-state index contributed by atoms with van der Waals surface area (Å²) in [4.78, 5) is 0. The van der Waals surface area contributed by atoms with E-state index in [0.29, 0.717) is 6.54 Å². The molecule has 0 radical (unpaired) electrons. The molecule has 1 fully saturated rings. The highest BCUT2D eigenvalue weighted by Gasteiger charge is 2.19. The fraction of sp³-hybridized carbons (Fsp3) is 0.571. The van der Waals surface area contributed by atoms with Gasteiger partial charge in [0, 0.05) is 11.0 Å². The van der Waals surface area contributed by atoms with E-state index >= 15 is 0 Å². The maximum atomic E-state index is 5.99. The molecule has 94 valence electrons. The van der Waals surface area contributed by atoms with Gasteiger partial charge < -0.3 is 10.5 Å². The van der Waals surface area contributed by atoms with Crippen LogP contribution in [-0.4, -0.2) is 13.2 Å². The molecule has 17 heavy (non-hydrogen) atoms. The zero-order chi connectivity index (χ0) is 12.1. The van der Waals surface area contributed by atoms with Crippen LogP contribution in [0.2, 0.25) is 0 Å². The van der Waals surface area contributed by atoms with Crippen molar-refractivity contribution in [1.29, 1.82) is 0 Å². The summed E-state index contributed by atoms with van der Waals surface area (Å²) in [5.41, 5.74) is 6.97. The maximum absolute atomic E-state index is 5.99. The van der Waals surface area contributed by atoms with Gasteiger partial charge in [0.2, 0.25) is 0 Å². The van der Waals surface area contributed by atoms with Crippen LogP contribution in [0.1, 0.15) is 37.4 Å². The van der Waals surface area contributed by atoms with Crippen LogP contribution in [-0.2, 0) is 4.74 Å². The predicted molar refractivity (Wildman–Crippen MR) is 73.8 cm³/mol. The molecular weight excluding hydrogens is 278 g/mol. The average Bonchev–Trinajstić information content (AvgIpc) is 2.85. The van der Waals surface area contributed by atoms with Crippen molar-refractivity contribution in [3.8, 4) is 0 Å². The molecule has 0 spiro atoms. The summed E-state index contributed by atoms with van der Waals surface area (Å²) in [5, 5.41) is 0. The average molecular weight is 298 g/mol. The van der Waals surface area contributed by atoms with Crippen molar-refractivity contribution in [2.75, 3.05) is 13.2 Å². The minimum atomic E-state index is 0.0196. The Bertz CT molecular complexity index is 350. The van der Waals surface area contributed by atoms with Gasteiger partial charge in [-0.3, -0.25) is 0 Å². The van der Waals surface area contributed by atoms with Crippen LogP contribution in [0.5, 0.6) is 0 Å². The lowest BCUT2D eigenvalue weighted by molar-refractivity contribution is 0.0342. The van der Waals surface area contributed by atoms with Crippen molar-refractivity contribution in [2.24, 2.45) is 11.7 Å². The Kier molecular flexibility index (Phi) is 5.01. The van der Waals surface area contributed by atoms with Crippen LogP contribution in [0, 0.1) is 5.92 Å². The van der Waals surface area contributed by atoms with Gasteiger partial charge in [0.15, 0.2) is 0 Å². The second-order valence-electron chi connectivity index (χ2n) is 4.73. The molecule has 0 amide bonds. The Morgan fingerprint density at radius 1 is 1.29 bits per heavy atom. The zero-order valence-corrected chi connectivity index (χ0v) is 11.7. The number of halogens is 1. The molecule has 0 saturated heterocycles. The van der Waals surface area contributed by atoms with Gasteiger partial charge in [-0.05, 0) is 30.4 Å². The van der Waals surface area contributed by atoms with E-state index in [2.05, 4.69) is 22.0 Å². The molecule has 1 unspecified atom stereocenters. The Labute approximate surface area is 112 Å². The number of benzene rings is 1. The summed E-state index contributed by atoms with van der Waals surface area (Å²) in [6.07, 6.45) is 5.36. The maximum Gasteiger partial charge on any atom is 0.0958 e. The minimum Gasteiger partial charge on any atom is -0.372 e. The lowest BCUT2D eigenvalue weighted by Crippen LogP contribution is -2.19. The molecule has 1 aliphatic rings. The first-order valence-corrected chi connectivity index (χ1v) is 7.16. The van der Waals surface area contributed by atoms with Gasteiger partial charge >= 0.3 is 0 Å². The first-order valence-electron chi connectivity index (χ1n) is 6.37. The molecule has 1 aromatic rings. The Morgan fingerprint density at radius 2 is 2.00 bits per heavy atom. The molecule has 1 aliphatic carbocycles. The van der Waals surface area contributed by atoms with Crippen LogP contribution in [0.25, 0.3) is 0 Å². The summed E-state index contributed by atoms with van der Waals surface area (Å²) in [7, 11) is 0. The highest BCUT2D eigenvalue weighted by Crippen LogP contribution is 2.29. The molecule has 0 bridgehead atoms. The van der Waals surface area contributed by atoms with Gasteiger partial charge in [0.25, 0.3) is 0 Å². The van der Waals surface area contributed by atoms with Gasteiger partial charge in [-0.2, -0.15) is 0 Å². The molecule has 0 aromatic heterocycles. The third kappa shape index (κ3) is 3.54. The lowest BCUT2D eigenvalue weighted by atomic mass is 10.1. The van der Waals surface area contributed by atoms with E-state index in [1.807, 2.05) is 18.2 Å². The van der Waals surface area contributed by atoms with Crippen LogP contribution in [0.15, 0.2) is 28.7 Å². The Hall–Kier alpha value is -0.380. The molecule has 1 saturated carbocycles. The van der Waals surface area contributed by atoms with Gasteiger partial charge in [-0.1, -0.05) is 47.0 Å². The third-order valence-electron chi connectivity index (χ3n) is 3.47. The van der Waals surface area contributed by atoms with Crippen LogP contribution in [0.3, 0.4) is 0 Å². The van der Waals surface area contributed by atoms with Crippen molar-refractivity contribution in [2.45, 2.75) is 31.8 Å². The highest BCUT2D eigenvalue weighted by molar-refractivity contribution is 9.10. The molecule has 1 aromatic carbocycles. The zero-order valence-electron chi connectivity index (χ0n) is 10.1. The van der Waals surface area contributed by atoms with Crippen molar-refractivity contribution in [3.63, 3.8) is 0 Å². The highest BCUT2D eigenvalue weighted by atomic mass is 79.9. The molecule has 2 nitrogen and oxygen atoms in total. The SMILES string of the molecule is NCC(OCC1CCCC1)c1ccccc1Br. The van der Waals surface area contributed by atoms with E-state index in [0.717, 1.165) is 22.6 Å². The molecule has 0 heterocycles. The second-order valence-corrected chi connectivity index (χ2v) is 5.58. The van der Waals surface area contributed by atoms with Gasteiger partial charge in [-0.15, -0.1) is 0 Å². The number of ether oxygens (including phenoxy) is 1. The summed E-state index contributed by atoms with van der Waals surface area (Å²) in [6, 6.07) is 8.16. The lowest BCUT2D eigenvalue weighted by Gasteiger charge is -2.20. The molecule has 2 rings (SSSR count). The third-order valence-corrected chi connectivity index (χ3v) is 4.20. The minimum absolute atomic E-state index is 0.0196. The fourth-order valence-corrected chi connectivity index (χ4v) is 2.99. The van der Waals surface area contributed by atoms with E-state index in [1.165, 1.54) is 25.7 Å². The number of rotatable bonds is 5. The standard InChI is InChI=1S/C14H20BrNO/c15-13-8-4-3-7-12(13)14(9-16)17-10-11-5-1-2-6-11/h3-4,7-8,11,14H,1-2,5-6,9-10,16H2. The van der Waals surface area contributed by atoms with Crippen LogP contribution < -0.4 is 5.73 Å². The van der Waals surface area contributed by atoms with Crippen LogP contribution in [0.4, 0.5) is 0 Å². The van der Waals surface area contributed by atoms with Crippen molar-refractivity contribution < 1.29 is 4.74 Å². The molecule has 2 N–H and O–H groups in total. The van der Waals surface area contributed by atoms with Crippen molar-refractivity contribution in [1.82, 2.24) is 0 Å². The largest absolute Gasteiger partial charge is 0.372 e. The molecule has 0 aliphatic heterocycles. The Balaban J connectivity index is 1.94. The van der Waals surface area contributed by atoms with Crippen molar-refractivity contribution >= 4 is 15.9 Å². The summed E-state index contributed by atoms with van der Waals surface area (Å²) >= 11 is 3.56. The van der Waals surface area contributed by atoms with E-state index in [-0.39, 0.29) is 6.10 Å². The second kappa shape index (κ2) is 6.53. The molecule has 3 heteroatoms. The van der Waals surface area contributed by atoms with Gasteiger partial charge in [0.05, 0.1) is 12.7 Å². The van der Waals surface area contributed by atoms with E-state index < -0.39 is 0 Å². The van der Waals surface area contributed by atoms with E-state index in [4.69, 9.17) is 10.5 Å². The summed E-state index contributed by atoms with van der Waals surface area (Å²) in [5.74, 6) is 0.742. The first-order chi connectivity index (χ1) is 8.31. The molecule has 1 atom stereocenters. The van der Waals surface area contributed by atoms with E-state index in [9.17, 15) is 0 Å². The van der Waals surface area contributed by atoms with Crippen LogP contribution >= 0.6 is 15.9 Å². The van der Waals surface area contributed by atoms with Gasteiger partial charge in [0.1, 0.15) is 0 Å². The van der Waals surface area contributed by atoms with Gasteiger partial charge in [-0.25, -0.2) is 0 Å². The predicted octanol–water partition coefficient (Wildman–Crippen LogP) is 3.66. The van der Waals surface area contributed by atoms with Crippen molar-refractivity contribution in [3.05, 3.63) is 34.3 Å². The van der Waals surface area contributed by atoms with E-state index in [1.54, 1.807) is 0 Å². The Morgan fingerprint density at radius 3 is 2.65 bits per heavy atom. The fourth-order valence-electron chi connectivity index (χ4n) is 2.45.